The lowest BCUT2D eigenvalue weighted by atomic mass is 10.2. The highest BCUT2D eigenvalue weighted by Crippen LogP contribution is 2.19. The summed E-state index contributed by atoms with van der Waals surface area (Å²) in [6, 6.07) is 0.484. The summed E-state index contributed by atoms with van der Waals surface area (Å²) in [4.78, 5) is 11.3. The lowest BCUT2D eigenvalue weighted by Crippen LogP contribution is -2.49. The van der Waals surface area contributed by atoms with Gasteiger partial charge in [-0.3, -0.25) is 9.67 Å². The van der Waals surface area contributed by atoms with Crippen LogP contribution in [0.2, 0.25) is 0 Å². The average molecular weight is 258 g/mol. The average Bonchev–Trinajstić information content (AvgIpc) is 2.86. The van der Waals surface area contributed by atoms with Gasteiger partial charge in [0.05, 0.1) is 24.3 Å². The van der Waals surface area contributed by atoms with Crippen LogP contribution >= 0.6 is 0 Å². The predicted molar refractivity (Wildman–Crippen MR) is 73.9 cm³/mol. The molecule has 100 valence electrons. The van der Waals surface area contributed by atoms with Gasteiger partial charge in [-0.25, -0.2) is 4.98 Å². The molecule has 2 aromatic heterocycles. The third-order valence-electron chi connectivity index (χ3n) is 3.32. The molecule has 0 bridgehead atoms. The van der Waals surface area contributed by atoms with Crippen LogP contribution in [-0.2, 0) is 7.05 Å². The van der Waals surface area contributed by atoms with Gasteiger partial charge in [-0.15, -0.1) is 0 Å². The molecular weight excluding hydrogens is 240 g/mol. The minimum atomic E-state index is 0.484. The zero-order valence-corrected chi connectivity index (χ0v) is 11.2. The minimum Gasteiger partial charge on any atom is -0.352 e. The molecule has 0 aliphatic carbocycles. The van der Waals surface area contributed by atoms with Crippen LogP contribution in [0.4, 0.5) is 5.82 Å². The highest BCUT2D eigenvalue weighted by atomic mass is 15.3. The van der Waals surface area contributed by atoms with Crippen molar-refractivity contribution in [3.8, 4) is 11.3 Å². The van der Waals surface area contributed by atoms with Crippen molar-refractivity contribution in [1.82, 2.24) is 25.1 Å². The molecule has 6 nitrogen and oxygen atoms in total. The quantitative estimate of drug-likeness (QED) is 0.858. The summed E-state index contributed by atoms with van der Waals surface area (Å²) in [5.74, 6) is 0.940. The number of hydrogen-bond donors (Lipinski definition) is 1. The summed E-state index contributed by atoms with van der Waals surface area (Å²) in [7, 11) is 1.90. The van der Waals surface area contributed by atoms with Crippen molar-refractivity contribution in [3.63, 3.8) is 0 Å². The lowest BCUT2D eigenvalue weighted by Gasteiger charge is -2.32. The first-order valence-corrected chi connectivity index (χ1v) is 6.52. The molecule has 3 rings (SSSR count). The van der Waals surface area contributed by atoms with Crippen LogP contribution in [0.25, 0.3) is 11.3 Å². The molecule has 1 aliphatic heterocycles. The molecule has 0 amide bonds. The largest absolute Gasteiger partial charge is 0.352 e. The van der Waals surface area contributed by atoms with Gasteiger partial charge in [0.2, 0.25) is 0 Å². The van der Waals surface area contributed by atoms with Gasteiger partial charge in [-0.05, 0) is 6.92 Å². The molecule has 0 radical (unpaired) electrons. The van der Waals surface area contributed by atoms with Gasteiger partial charge in [0.15, 0.2) is 0 Å². The molecule has 1 aliphatic rings. The first kappa shape index (κ1) is 12.1. The fourth-order valence-corrected chi connectivity index (χ4v) is 2.34. The van der Waals surface area contributed by atoms with E-state index in [-0.39, 0.29) is 0 Å². The number of piperazine rings is 1. The van der Waals surface area contributed by atoms with Crippen LogP contribution in [0.15, 0.2) is 24.8 Å². The molecule has 3 heterocycles. The summed E-state index contributed by atoms with van der Waals surface area (Å²) in [6.45, 7) is 5.10. The van der Waals surface area contributed by atoms with E-state index in [1.54, 1.807) is 10.9 Å². The molecule has 1 saturated heterocycles. The summed E-state index contributed by atoms with van der Waals surface area (Å²) in [5.41, 5.74) is 1.87. The zero-order valence-electron chi connectivity index (χ0n) is 11.2. The normalized spacial score (nSPS) is 19.7. The summed E-state index contributed by atoms with van der Waals surface area (Å²) >= 11 is 0. The molecule has 0 unspecified atom stereocenters. The maximum absolute atomic E-state index is 4.70. The van der Waals surface area contributed by atoms with Gasteiger partial charge in [-0.2, -0.15) is 5.10 Å². The topological polar surface area (TPSA) is 58.9 Å². The SMILES string of the molecule is C[C@@H]1CN(c2cncc(-c3cnn(C)c3)n2)CCN1. The van der Waals surface area contributed by atoms with E-state index in [1.807, 2.05) is 25.6 Å². The van der Waals surface area contributed by atoms with E-state index in [2.05, 4.69) is 27.2 Å². The zero-order chi connectivity index (χ0) is 13.2. The number of aryl methyl sites for hydroxylation is 1. The number of anilines is 1. The Kier molecular flexibility index (Phi) is 3.16. The first-order valence-electron chi connectivity index (χ1n) is 6.52. The Balaban J connectivity index is 1.87. The monoisotopic (exact) mass is 258 g/mol. The van der Waals surface area contributed by atoms with Crippen LogP contribution in [0.3, 0.4) is 0 Å². The van der Waals surface area contributed by atoms with Crippen LogP contribution < -0.4 is 10.2 Å². The van der Waals surface area contributed by atoms with Crippen LogP contribution in [-0.4, -0.2) is 45.4 Å². The highest BCUT2D eigenvalue weighted by Gasteiger charge is 2.17. The van der Waals surface area contributed by atoms with Gasteiger partial charge in [0, 0.05) is 44.5 Å². The number of hydrogen-bond acceptors (Lipinski definition) is 5. The van der Waals surface area contributed by atoms with Crippen molar-refractivity contribution in [2.75, 3.05) is 24.5 Å². The van der Waals surface area contributed by atoms with Gasteiger partial charge < -0.3 is 10.2 Å². The third kappa shape index (κ3) is 2.58. The van der Waals surface area contributed by atoms with E-state index in [0.717, 1.165) is 36.7 Å². The fraction of sp³-hybridized carbons (Fsp3) is 0.462. The molecular formula is C13H18N6. The Morgan fingerprint density at radius 2 is 2.21 bits per heavy atom. The molecule has 0 aromatic carbocycles. The van der Waals surface area contributed by atoms with Crippen molar-refractivity contribution in [3.05, 3.63) is 24.8 Å². The summed E-state index contributed by atoms with van der Waals surface area (Å²) in [5, 5.41) is 7.60. The Bertz CT molecular complexity index is 564. The van der Waals surface area contributed by atoms with Gasteiger partial charge in [-0.1, -0.05) is 0 Å². The fourth-order valence-electron chi connectivity index (χ4n) is 2.34. The van der Waals surface area contributed by atoms with E-state index in [0.29, 0.717) is 6.04 Å². The van der Waals surface area contributed by atoms with E-state index in [4.69, 9.17) is 4.98 Å². The molecule has 1 N–H and O–H groups in total. The Labute approximate surface area is 112 Å². The molecule has 1 fully saturated rings. The molecule has 0 saturated carbocycles. The van der Waals surface area contributed by atoms with Crippen molar-refractivity contribution in [2.24, 2.45) is 7.05 Å². The van der Waals surface area contributed by atoms with Crippen molar-refractivity contribution < 1.29 is 0 Å². The molecule has 2 aromatic rings. The number of nitrogens with zero attached hydrogens (tertiary/aromatic N) is 5. The lowest BCUT2D eigenvalue weighted by molar-refractivity contribution is 0.482. The predicted octanol–water partition coefficient (Wildman–Crippen LogP) is 0.675. The van der Waals surface area contributed by atoms with Crippen molar-refractivity contribution in [2.45, 2.75) is 13.0 Å². The second-order valence-corrected chi connectivity index (χ2v) is 4.97. The Hall–Kier alpha value is -1.95. The van der Waals surface area contributed by atoms with Crippen molar-refractivity contribution in [1.29, 1.82) is 0 Å². The van der Waals surface area contributed by atoms with Gasteiger partial charge in [0.25, 0.3) is 0 Å². The van der Waals surface area contributed by atoms with Gasteiger partial charge in [0.1, 0.15) is 5.82 Å². The molecule has 6 heteroatoms. The Morgan fingerprint density at radius 1 is 1.32 bits per heavy atom. The third-order valence-corrected chi connectivity index (χ3v) is 3.32. The van der Waals surface area contributed by atoms with Gasteiger partial charge >= 0.3 is 0 Å². The van der Waals surface area contributed by atoms with Crippen LogP contribution in [0.1, 0.15) is 6.92 Å². The number of rotatable bonds is 2. The maximum Gasteiger partial charge on any atom is 0.147 e. The summed E-state index contributed by atoms with van der Waals surface area (Å²) < 4.78 is 1.77. The smallest absolute Gasteiger partial charge is 0.147 e. The van der Waals surface area contributed by atoms with E-state index in [1.165, 1.54) is 0 Å². The molecule has 0 spiro atoms. The second-order valence-electron chi connectivity index (χ2n) is 4.97. The second kappa shape index (κ2) is 4.97. The first-order chi connectivity index (χ1) is 9.22. The summed E-state index contributed by atoms with van der Waals surface area (Å²) in [6.07, 6.45) is 7.38. The highest BCUT2D eigenvalue weighted by molar-refractivity contribution is 5.58. The van der Waals surface area contributed by atoms with Crippen LogP contribution in [0, 0.1) is 0 Å². The number of aromatic nitrogens is 4. The van der Waals surface area contributed by atoms with E-state index >= 15 is 0 Å². The molecule has 1 atom stereocenters. The van der Waals surface area contributed by atoms with Crippen molar-refractivity contribution >= 4 is 5.82 Å². The van der Waals surface area contributed by atoms with Crippen LogP contribution in [0.5, 0.6) is 0 Å². The molecule has 19 heavy (non-hydrogen) atoms. The Morgan fingerprint density at radius 3 is 2.95 bits per heavy atom. The standard InChI is InChI=1S/C13H18N6/c1-10-8-19(4-3-15-10)13-7-14-6-12(17-13)11-5-16-18(2)9-11/h5-7,9-10,15H,3-4,8H2,1-2H3/t10-/m1/s1. The minimum absolute atomic E-state index is 0.484. The maximum atomic E-state index is 4.70. The number of nitrogens with one attached hydrogen (secondary N) is 1. The van der Waals surface area contributed by atoms with E-state index in [9.17, 15) is 0 Å². The van der Waals surface area contributed by atoms with E-state index < -0.39 is 0 Å².